The average molecular weight is 346 g/mol. The number of anilines is 2. The molecule has 6 nitrogen and oxygen atoms in total. The zero-order chi connectivity index (χ0) is 17.0. The van der Waals surface area contributed by atoms with E-state index in [2.05, 4.69) is 27.1 Å². The Bertz CT molecular complexity index is 755. The molecule has 0 spiro atoms. The van der Waals surface area contributed by atoms with Crippen molar-refractivity contribution in [2.24, 2.45) is 0 Å². The van der Waals surface area contributed by atoms with Gasteiger partial charge >= 0.3 is 0 Å². The van der Waals surface area contributed by atoms with Crippen molar-refractivity contribution >= 4 is 21.3 Å². The number of hydrogen-bond acceptors (Lipinski definition) is 6. The Hall–Kier alpha value is -2.12. The molecule has 0 amide bonds. The minimum atomic E-state index is -3.35. The van der Waals surface area contributed by atoms with E-state index in [0.717, 1.165) is 32.0 Å². The largest absolute Gasteiger partial charge is 0.370 e. The summed E-state index contributed by atoms with van der Waals surface area (Å²) in [5.41, 5.74) is 0.701. The standard InChI is InChI=1S/C17H22N4O2S/c1-20-9-11-21(12-10-20)17-8-7-15(13-18-17)19-14-24(22,23)16-5-3-2-4-6-16/h2-8,13,19H,9-12,14H2,1H3. The van der Waals surface area contributed by atoms with Crippen molar-refractivity contribution < 1.29 is 8.42 Å². The van der Waals surface area contributed by atoms with E-state index < -0.39 is 9.84 Å². The predicted molar refractivity (Wildman–Crippen MR) is 96.1 cm³/mol. The zero-order valence-electron chi connectivity index (χ0n) is 13.7. The molecular formula is C17H22N4O2S. The van der Waals surface area contributed by atoms with Crippen LogP contribution in [0, 0.1) is 0 Å². The molecule has 1 aromatic carbocycles. The van der Waals surface area contributed by atoms with Crippen LogP contribution in [-0.2, 0) is 9.84 Å². The lowest BCUT2D eigenvalue weighted by molar-refractivity contribution is 0.312. The molecule has 7 heteroatoms. The molecule has 1 aliphatic rings. The quantitative estimate of drug-likeness (QED) is 0.889. The van der Waals surface area contributed by atoms with E-state index in [-0.39, 0.29) is 5.88 Å². The first-order chi connectivity index (χ1) is 11.5. The number of likely N-dealkylation sites (N-methyl/N-ethyl adjacent to an activating group) is 1. The van der Waals surface area contributed by atoms with Gasteiger partial charge in [-0.15, -0.1) is 0 Å². The van der Waals surface area contributed by atoms with Gasteiger partial charge in [0.15, 0.2) is 9.84 Å². The maximum absolute atomic E-state index is 12.3. The van der Waals surface area contributed by atoms with Gasteiger partial charge in [-0.2, -0.15) is 0 Å². The highest BCUT2D eigenvalue weighted by Gasteiger charge is 2.16. The lowest BCUT2D eigenvalue weighted by atomic mass is 10.3. The van der Waals surface area contributed by atoms with Gasteiger partial charge in [0, 0.05) is 26.2 Å². The van der Waals surface area contributed by atoms with Crippen molar-refractivity contribution in [3.05, 3.63) is 48.7 Å². The summed E-state index contributed by atoms with van der Waals surface area (Å²) in [6.07, 6.45) is 1.69. The highest BCUT2D eigenvalue weighted by atomic mass is 32.2. The number of sulfone groups is 1. The molecule has 1 N–H and O–H groups in total. The molecule has 0 saturated carbocycles. The minimum absolute atomic E-state index is 0.146. The highest BCUT2D eigenvalue weighted by molar-refractivity contribution is 7.91. The molecule has 2 heterocycles. The van der Waals surface area contributed by atoms with Crippen molar-refractivity contribution in [3.8, 4) is 0 Å². The number of piperazine rings is 1. The lowest BCUT2D eigenvalue weighted by Crippen LogP contribution is -2.44. The summed E-state index contributed by atoms with van der Waals surface area (Å²) in [5, 5.41) is 2.94. The molecule has 0 aliphatic carbocycles. The minimum Gasteiger partial charge on any atom is -0.370 e. The van der Waals surface area contributed by atoms with Crippen LogP contribution < -0.4 is 10.2 Å². The maximum Gasteiger partial charge on any atom is 0.196 e. The number of hydrogen-bond donors (Lipinski definition) is 1. The number of rotatable bonds is 5. The molecule has 1 saturated heterocycles. The Kier molecular flexibility index (Phi) is 5.01. The van der Waals surface area contributed by atoms with Gasteiger partial charge in [0.2, 0.25) is 0 Å². The third kappa shape index (κ3) is 4.04. The van der Waals surface area contributed by atoms with Crippen molar-refractivity contribution in [2.45, 2.75) is 4.90 Å². The second-order valence-corrected chi connectivity index (χ2v) is 7.93. The Morgan fingerprint density at radius 2 is 1.75 bits per heavy atom. The summed E-state index contributed by atoms with van der Waals surface area (Å²) in [6, 6.07) is 12.3. The first kappa shape index (κ1) is 16.7. The van der Waals surface area contributed by atoms with Gasteiger partial charge in [0.05, 0.1) is 16.8 Å². The summed E-state index contributed by atoms with van der Waals surface area (Å²) in [5.74, 6) is 0.784. The second-order valence-electron chi connectivity index (χ2n) is 5.94. The Labute approximate surface area is 143 Å². The normalized spacial score (nSPS) is 16.1. The van der Waals surface area contributed by atoms with Crippen LogP contribution in [0.2, 0.25) is 0 Å². The molecule has 2 aromatic rings. The summed E-state index contributed by atoms with van der Waals surface area (Å²) >= 11 is 0. The van der Waals surface area contributed by atoms with Gasteiger partial charge in [0.25, 0.3) is 0 Å². The molecule has 0 bridgehead atoms. The topological polar surface area (TPSA) is 65.5 Å². The summed E-state index contributed by atoms with van der Waals surface area (Å²) in [4.78, 5) is 9.30. The first-order valence-corrected chi connectivity index (χ1v) is 9.61. The van der Waals surface area contributed by atoms with Crippen molar-refractivity contribution in [1.29, 1.82) is 0 Å². The number of nitrogens with zero attached hydrogens (tertiary/aromatic N) is 3. The second kappa shape index (κ2) is 7.19. The Morgan fingerprint density at radius 3 is 2.38 bits per heavy atom. The summed E-state index contributed by atoms with van der Waals surface area (Å²) in [7, 11) is -1.23. The zero-order valence-corrected chi connectivity index (χ0v) is 14.5. The molecule has 0 atom stereocenters. The average Bonchev–Trinajstić information content (AvgIpc) is 2.62. The third-order valence-electron chi connectivity index (χ3n) is 4.14. The van der Waals surface area contributed by atoms with E-state index in [1.807, 2.05) is 12.1 Å². The van der Waals surface area contributed by atoms with Crippen LogP contribution in [0.1, 0.15) is 0 Å². The van der Waals surface area contributed by atoms with Gasteiger partial charge in [0.1, 0.15) is 11.7 Å². The molecule has 1 aliphatic heterocycles. The molecule has 3 rings (SSSR count). The van der Waals surface area contributed by atoms with Gasteiger partial charge in [-0.05, 0) is 31.3 Å². The fourth-order valence-electron chi connectivity index (χ4n) is 2.60. The van der Waals surface area contributed by atoms with Gasteiger partial charge in [-0.1, -0.05) is 18.2 Å². The molecule has 0 unspecified atom stereocenters. The SMILES string of the molecule is CN1CCN(c2ccc(NCS(=O)(=O)c3ccccc3)cn2)CC1. The van der Waals surface area contributed by atoms with Gasteiger partial charge in [-0.3, -0.25) is 0 Å². The number of nitrogens with one attached hydrogen (secondary N) is 1. The molecule has 0 radical (unpaired) electrons. The van der Waals surface area contributed by atoms with E-state index >= 15 is 0 Å². The molecular weight excluding hydrogens is 324 g/mol. The van der Waals surface area contributed by atoms with Crippen LogP contribution in [0.4, 0.5) is 11.5 Å². The van der Waals surface area contributed by atoms with Crippen molar-refractivity contribution in [3.63, 3.8) is 0 Å². The number of benzene rings is 1. The smallest absolute Gasteiger partial charge is 0.196 e. The first-order valence-electron chi connectivity index (χ1n) is 7.96. The molecule has 1 fully saturated rings. The van der Waals surface area contributed by atoms with Gasteiger partial charge in [-0.25, -0.2) is 13.4 Å². The summed E-state index contributed by atoms with van der Waals surface area (Å²) in [6.45, 7) is 3.96. The van der Waals surface area contributed by atoms with Crippen molar-refractivity contribution in [2.75, 3.05) is 49.3 Å². The van der Waals surface area contributed by atoms with Crippen LogP contribution in [0.3, 0.4) is 0 Å². The van der Waals surface area contributed by atoms with Gasteiger partial charge < -0.3 is 15.1 Å². The Balaban J connectivity index is 1.60. The molecule has 128 valence electrons. The van der Waals surface area contributed by atoms with E-state index in [1.165, 1.54) is 0 Å². The fraction of sp³-hybridized carbons (Fsp3) is 0.353. The van der Waals surface area contributed by atoms with Crippen LogP contribution >= 0.6 is 0 Å². The summed E-state index contributed by atoms with van der Waals surface area (Å²) < 4.78 is 24.5. The fourth-order valence-corrected chi connectivity index (χ4v) is 3.70. The van der Waals surface area contributed by atoms with E-state index in [1.54, 1.807) is 36.5 Å². The maximum atomic E-state index is 12.3. The van der Waals surface area contributed by atoms with Crippen LogP contribution in [0.5, 0.6) is 0 Å². The van der Waals surface area contributed by atoms with E-state index in [4.69, 9.17) is 0 Å². The predicted octanol–water partition coefficient (Wildman–Crippen LogP) is 1.68. The monoisotopic (exact) mass is 346 g/mol. The number of aromatic nitrogens is 1. The van der Waals surface area contributed by atoms with Crippen molar-refractivity contribution in [1.82, 2.24) is 9.88 Å². The highest BCUT2D eigenvalue weighted by Crippen LogP contribution is 2.17. The van der Waals surface area contributed by atoms with Crippen LogP contribution in [-0.4, -0.2) is 57.4 Å². The number of pyridine rings is 1. The van der Waals surface area contributed by atoms with E-state index in [0.29, 0.717) is 10.6 Å². The van der Waals surface area contributed by atoms with Crippen LogP contribution in [0.25, 0.3) is 0 Å². The lowest BCUT2D eigenvalue weighted by Gasteiger charge is -2.33. The Morgan fingerprint density at radius 1 is 1.04 bits per heavy atom. The molecule has 1 aromatic heterocycles. The molecule has 24 heavy (non-hydrogen) atoms. The van der Waals surface area contributed by atoms with Crippen LogP contribution in [0.15, 0.2) is 53.6 Å². The third-order valence-corrected chi connectivity index (χ3v) is 5.66. The van der Waals surface area contributed by atoms with E-state index in [9.17, 15) is 8.42 Å².